The lowest BCUT2D eigenvalue weighted by Gasteiger charge is -2.24. The van der Waals surface area contributed by atoms with Crippen LogP contribution in [0.4, 0.5) is 9.59 Å². The fourth-order valence-corrected chi connectivity index (χ4v) is 1.85. The molecule has 3 N–H and O–H groups in total. The molecule has 8 nitrogen and oxygen atoms in total. The van der Waals surface area contributed by atoms with Crippen LogP contribution in [0, 0.1) is 0 Å². The monoisotopic (exact) mass is 369 g/mol. The SMILES string of the molecule is CC(C)(C)OC(=O)NCC(OC(=O)OC(C)(C)C)c1ccc(O)c(O)c1. The number of ether oxygens (including phenoxy) is 3. The zero-order chi connectivity index (χ0) is 20.1. The maximum atomic E-state index is 12.0. The van der Waals surface area contributed by atoms with Gasteiger partial charge in [-0.3, -0.25) is 0 Å². The largest absolute Gasteiger partial charge is 0.509 e. The van der Waals surface area contributed by atoms with E-state index in [1.54, 1.807) is 41.5 Å². The van der Waals surface area contributed by atoms with E-state index in [9.17, 15) is 19.8 Å². The van der Waals surface area contributed by atoms with Crippen molar-refractivity contribution in [3.63, 3.8) is 0 Å². The quantitative estimate of drug-likeness (QED) is 0.548. The number of amides is 1. The van der Waals surface area contributed by atoms with Gasteiger partial charge in [0, 0.05) is 0 Å². The van der Waals surface area contributed by atoms with Crippen molar-refractivity contribution >= 4 is 12.2 Å². The molecule has 0 fully saturated rings. The molecule has 0 aliphatic heterocycles. The number of phenolic OH excluding ortho intramolecular Hbond substituents is 2. The van der Waals surface area contributed by atoms with E-state index in [1.807, 2.05) is 0 Å². The highest BCUT2D eigenvalue weighted by molar-refractivity contribution is 5.68. The minimum Gasteiger partial charge on any atom is -0.504 e. The average Bonchev–Trinajstić information content (AvgIpc) is 2.42. The molecule has 0 bridgehead atoms. The maximum absolute atomic E-state index is 12.0. The third kappa shape index (κ3) is 7.96. The molecule has 0 radical (unpaired) electrons. The minimum atomic E-state index is -0.955. The number of benzene rings is 1. The van der Waals surface area contributed by atoms with Crippen molar-refractivity contribution in [3.05, 3.63) is 23.8 Å². The average molecular weight is 369 g/mol. The lowest BCUT2D eigenvalue weighted by Crippen LogP contribution is -2.36. The second-order valence-corrected chi connectivity index (χ2v) is 7.70. The molecule has 26 heavy (non-hydrogen) atoms. The normalized spacial score (nSPS) is 12.8. The molecule has 1 amide bonds. The van der Waals surface area contributed by atoms with Crippen molar-refractivity contribution in [1.29, 1.82) is 0 Å². The van der Waals surface area contributed by atoms with Gasteiger partial charge in [0.25, 0.3) is 0 Å². The van der Waals surface area contributed by atoms with E-state index in [2.05, 4.69) is 5.32 Å². The van der Waals surface area contributed by atoms with Gasteiger partial charge in [0.2, 0.25) is 0 Å². The molecule has 1 aromatic rings. The van der Waals surface area contributed by atoms with Gasteiger partial charge in [0.05, 0.1) is 6.54 Å². The molecular formula is C18H27NO7. The molecular weight excluding hydrogens is 342 g/mol. The molecule has 0 heterocycles. The highest BCUT2D eigenvalue weighted by Crippen LogP contribution is 2.29. The summed E-state index contributed by atoms with van der Waals surface area (Å²) in [5.41, 5.74) is -1.07. The summed E-state index contributed by atoms with van der Waals surface area (Å²) in [5, 5.41) is 21.6. The standard InChI is InChI=1S/C18H27NO7/c1-17(2,3)25-15(22)19-10-14(24-16(23)26-18(4,5)6)11-7-8-12(20)13(21)9-11/h7-9,14,20-21H,10H2,1-6H3,(H,19,22). The maximum Gasteiger partial charge on any atom is 0.509 e. The van der Waals surface area contributed by atoms with Crippen LogP contribution in [0.15, 0.2) is 18.2 Å². The smallest absolute Gasteiger partial charge is 0.504 e. The van der Waals surface area contributed by atoms with Crippen LogP contribution in [0.25, 0.3) is 0 Å². The van der Waals surface area contributed by atoms with Crippen LogP contribution in [-0.4, -0.2) is 40.2 Å². The molecule has 0 saturated carbocycles. The molecule has 0 saturated heterocycles. The fourth-order valence-electron chi connectivity index (χ4n) is 1.85. The Bertz CT molecular complexity index is 644. The van der Waals surface area contributed by atoms with Gasteiger partial charge in [-0.1, -0.05) is 6.07 Å². The Morgan fingerprint density at radius 2 is 1.58 bits per heavy atom. The molecule has 0 aliphatic carbocycles. The van der Waals surface area contributed by atoms with Gasteiger partial charge in [-0.25, -0.2) is 9.59 Å². The number of hydrogen-bond acceptors (Lipinski definition) is 7. The predicted octanol–water partition coefficient (Wildman–Crippen LogP) is 3.62. The van der Waals surface area contributed by atoms with E-state index in [0.717, 1.165) is 0 Å². The van der Waals surface area contributed by atoms with Crippen molar-refractivity contribution in [2.45, 2.75) is 58.8 Å². The van der Waals surface area contributed by atoms with Crippen LogP contribution in [0.3, 0.4) is 0 Å². The lowest BCUT2D eigenvalue weighted by atomic mass is 10.1. The Balaban J connectivity index is 2.89. The molecule has 0 aliphatic rings. The van der Waals surface area contributed by atoms with E-state index in [4.69, 9.17) is 14.2 Å². The van der Waals surface area contributed by atoms with Gasteiger partial charge in [-0.15, -0.1) is 0 Å². The Morgan fingerprint density at radius 3 is 2.08 bits per heavy atom. The Kier molecular flexibility index (Phi) is 6.72. The number of alkyl carbamates (subject to hydrolysis) is 1. The fraction of sp³-hybridized carbons (Fsp3) is 0.556. The Morgan fingerprint density at radius 1 is 1.00 bits per heavy atom. The van der Waals surface area contributed by atoms with Gasteiger partial charge < -0.3 is 29.7 Å². The molecule has 0 aromatic heterocycles. The predicted molar refractivity (Wildman–Crippen MR) is 94.1 cm³/mol. The molecule has 8 heteroatoms. The number of rotatable bonds is 4. The number of carbonyl (C=O) groups is 2. The summed E-state index contributed by atoms with van der Waals surface area (Å²) < 4.78 is 15.5. The van der Waals surface area contributed by atoms with E-state index in [1.165, 1.54) is 18.2 Å². The molecule has 1 unspecified atom stereocenters. The summed E-state index contributed by atoms with van der Waals surface area (Å²) >= 11 is 0. The van der Waals surface area contributed by atoms with Crippen LogP contribution in [0.2, 0.25) is 0 Å². The van der Waals surface area contributed by atoms with Gasteiger partial charge in [0.15, 0.2) is 11.5 Å². The van der Waals surface area contributed by atoms with Crippen molar-refractivity contribution < 1.29 is 34.0 Å². The first-order valence-electron chi connectivity index (χ1n) is 8.15. The van der Waals surface area contributed by atoms with Crippen LogP contribution in [0.1, 0.15) is 53.2 Å². The minimum absolute atomic E-state index is 0.113. The third-order valence-corrected chi connectivity index (χ3v) is 2.83. The zero-order valence-corrected chi connectivity index (χ0v) is 16.0. The molecule has 146 valence electrons. The van der Waals surface area contributed by atoms with Gasteiger partial charge >= 0.3 is 12.2 Å². The van der Waals surface area contributed by atoms with E-state index in [0.29, 0.717) is 5.56 Å². The first kappa shape index (κ1) is 21.4. The zero-order valence-electron chi connectivity index (χ0n) is 16.0. The summed E-state index contributed by atoms with van der Waals surface area (Å²) in [6.07, 6.45) is -2.57. The summed E-state index contributed by atoms with van der Waals surface area (Å²) in [7, 11) is 0. The Hall–Kier alpha value is -2.64. The number of carbonyl (C=O) groups excluding carboxylic acids is 2. The van der Waals surface area contributed by atoms with Crippen LogP contribution in [-0.2, 0) is 14.2 Å². The first-order chi connectivity index (χ1) is 11.8. The Labute approximate surface area is 153 Å². The number of phenols is 2. The van der Waals surface area contributed by atoms with Crippen LogP contribution in [0.5, 0.6) is 11.5 Å². The summed E-state index contributed by atoms with van der Waals surface area (Å²) in [6.45, 7) is 10.1. The summed E-state index contributed by atoms with van der Waals surface area (Å²) in [6, 6.07) is 3.95. The van der Waals surface area contributed by atoms with Gasteiger partial charge in [0.1, 0.15) is 17.3 Å². The second-order valence-electron chi connectivity index (χ2n) is 7.70. The topological polar surface area (TPSA) is 114 Å². The van der Waals surface area contributed by atoms with Crippen molar-refractivity contribution in [3.8, 4) is 11.5 Å². The lowest BCUT2D eigenvalue weighted by molar-refractivity contribution is -0.0281. The molecule has 1 atom stereocenters. The van der Waals surface area contributed by atoms with Gasteiger partial charge in [-0.05, 0) is 59.2 Å². The highest BCUT2D eigenvalue weighted by atomic mass is 16.7. The van der Waals surface area contributed by atoms with Crippen LogP contribution < -0.4 is 5.32 Å². The number of aromatic hydroxyl groups is 2. The summed E-state index contributed by atoms with van der Waals surface area (Å²) in [5.74, 6) is -0.692. The van der Waals surface area contributed by atoms with Crippen LogP contribution >= 0.6 is 0 Å². The van der Waals surface area contributed by atoms with Crippen molar-refractivity contribution in [2.24, 2.45) is 0 Å². The highest BCUT2D eigenvalue weighted by Gasteiger charge is 2.25. The number of hydrogen-bond donors (Lipinski definition) is 3. The summed E-state index contributed by atoms with van der Waals surface area (Å²) in [4.78, 5) is 23.8. The number of nitrogens with one attached hydrogen (secondary N) is 1. The first-order valence-corrected chi connectivity index (χ1v) is 8.15. The van der Waals surface area contributed by atoms with Crippen molar-refractivity contribution in [2.75, 3.05) is 6.54 Å². The molecule has 1 rings (SSSR count). The van der Waals surface area contributed by atoms with E-state index in [-0.39, 0.29) is 18.0 Å². The molecule has 1 aromatic carbocycles. The molecule has 0 spiro atoms. The van der Waals surface area contributed by atoms with Gasteiger partial charge in [-0.2, -0.15) is 0 Å². The van der Waals surface area contributed by atoms with E-state index < -0.39 is 29.6 Å². The van der Waals surface area contributed by atoms with E-state index >= 15 is 0 Å². The second kappa shape index (κ2) is 8.16. The third-order valence-electron chi connectivity index (χ3n) is 2.83. The van der Waals surface area contributed by atoms with Crippen molar-refractivity contribution in [1.82, 2.24) is 5.32 Å².